The first kappa shape index (κ1) is 16.9. The van der Waals surface area contributed by atoms with Gasteiger partial charge in [-0.2, -0.15) is 4.31 Å². The van der Waals surface area contributed by atoms with Crippen LogP contribution >= 0.6 is 0 Å². The average Bonchev–Trinajstić information content (AvgIpc) is 2.44. The standard InChI is InChI=1S/C15H23N3O3S/c1-11(2)18(3)22(20,21)14-6-4-13(5-7-14)15(19)17-10-12-8-16-9-12/h4-7,11-12,16H,8-10H2,1-3H3,(H,17,19). The smallest absolute Gasteiger partial charge is 0.251 e. The van der Waals surface area contributed by atoms with Crippen molar-refractivity contribution in [3.63, 3.8) is 0 Å². The molecule has 1 aliphatic rings. The molecule has 0 aliphatic carbocycles. The molecule has 0 radical (unpaired) electrons. The predicted molar refractivity (Wildman–Crippen MR) is 85.2 cm³/mol. The van der Waals surface area contributed by atoms with Crippen molar-refractivity contribution in [3.05, 3.63) is 29.8 Å². The lowest BCUT2D eigenvalue weighted by Crippen LogP contribution is -2.48. The summed E-state index contributed by atoms with van der Waals surface area (Å²) in [7, 11) is -1.96. The second-order valence-corrected chi connectivity index (χ2v) is 7.87. The van der Waals surface area contributed by atoms with E-state index in [1.807, 2.05) is 13.8 Å². The van der Waals surface area contributed by atoms with Crippen LogP contribution in [0.2, 0.25) is 0 Å². The van der Waals surface area contributed by atoms with E-state index in [0.717, 1.165) is 13.1 Å². The van der Waals surface area contributed by atoms with Crippen LogP contribution in [0.25, 0.3) is 0 Å². The Morgan fingerprint density at radius 3 is 2.36 bits per heavy atom. The SMILES string of the molecule is CC(C)N(C)S(=O)(=O)c1ccc(C(=O)NCC2CNC2)cc1. The number of carbonyl (C=O) groups excluding carboxylic acids is 1. The van der Waals surface area contributed by atoms with Crippen molar-refractivity contribution in [2.75, 3.05) is 26.7 Å². The van der Waals surface area contributed by atoms with Crippen molar-refractivity contribution >= 4 is 15.9 Å². The number of benzene rings is 1. The highest BCUT2D eigenvalue weighted by molar-refractivity contribution is 7.89. The highest BCUT2D eigenvalue weighted by Gasteiger charge is 2.23. The highest BCUT2D eigenvalue weighted by atomic mass is 32.2. The van der Waals surface area contributed by atoms with Gasteiger partial charge in [-0.15, -0.1) is 0 Å². The second kappa shape index (κ2) is 6.76. The zero-order chi connectivity index (χ0) is 16.3. The maximum absolute atomic E-state index is 12.3. The minimum absolute atomic E-state index is 0.121. The van der Waals surface area contributed by atoms with Crippen molar-refractivity contribution in [2.45, 2.75) is 24.8 Å². The Labute approximate surface area is 131 Å². The number of rotatable bonds is 6. The van der Waals surface area contributed by atoms with Gasteiger partial charge in [0, 0.05) is 44.2 Å². The molecule has 1 amide bonds. The van der Waals surface area contributed by atoms with Crippen molar-refractivity contribution in [1.29, 1.82) is 0 Å². The van der Waals surface area contributed by atoms with Gasteiger partial charge in [-0.05, 0) is 38.1 Å². The van der Waals surface area contributed by atoms with Gasteiger partial charge in [-0.3, -0.25) is 4.79 Å². The number of nitrogens with zero attached hydrogens (tertiary/aromatic N) is 1. The summed E-state index contributed by atoms with van der Waals surface area (Å²) >= 11 is 0. The molecule has 0 aromatic heterocycles. The minimum atomic E-state index is -3.51. The molecular formula is C15H23N3O3S. The van der Waals surface area contributed by atoms with Gasteiger partial charge >= 0.3 is 0 Å². The lowest BCUT2D eigenvalue weighted by molar-refractivity contribution is 0.0942. The summed E-state index contributed by atoms with van der Waals surface area (Å²) in [5.74, 6) is 0.316. The fraction of sp³-hybridized carbons (Fsp3) is 0.533. The summed E-state index contributed by atoms with van der Waals surface area (Å²) in [5, 5.41) is 6.01. The first-order valence-electron chi connectivity index (χ1n) is 7.39. The molecule has 122 valence electrons. The fourth-order valence-electron chi connectivity index (χ4n) is 2.05. The number of sulfonamides is 1. The maximum Gasteiger partial charge on any atom is 0.251 e. The molecular weight excluding hydrogens is 302 g/mol. The molecule has 22 heavy (non-hydrogen) atoms. The molecule has 0 atom stereocenters. The average molecular weight is 325 g/mol. The maximum atomic E-state index is 12.3. The summed E-state index contributed by atoms with van der Waals surface area (Å²) in [6.45, 7) is 6.13. The lowest BCUT2D eigenvalue weighted by Gasteiger charge is -2.27. The largest absolute Gasteiger partial charge is 0.352 e. The molecule has 0 spiro atoms. The molecule has 1 aliphatic heterocycles. The van der Waals surface area contributed by atoms with E-state index in [1.165, 1.54) is 16.4 Å². The Morgan fingerprint density at radius 1 is 1.32 bits per heavy atom. The monoisotopic (exact) mass is 325 g/mol. The third kappa shape index (κ3) is 3.66. The molecule has 0 unspecified atom stereocenters. The normalized spacial score (nSPS) is 15.9. The molecule has 1 aromatic rings. The third-order valence-corrected chi connectivity index (χ3v) is 5.99. The van der Waals surface area contributed by atoms with Crippen LogP contribution in [0.3, 0.4) is 0 Å². The number of nitrogens with one attached hydrogen (secondary N) is 2. The highest BCUT2D eigenvalue weighted by Crippen LogP contribution is 2.17. The molecule has 1 saturated heterocycles. The number of carbonyl (C=O) groups is 1. The number of amides is 1. The van der Waals surface area contributed by atoms with Gasteiger partial charge in [0.1, 0.15) is 0 Å². The van der Waals surface area contributed by atoms with Crippen LogP contribution in [0.5, 0.6) is 0 Å². The first-order valence-corrected chi connectivity index (χ1v) is 8.83. The van der Waals surface area contributed by atoms with E-state index in [0.29, 0.717) is 18.0 Å². The van der Waals surface area contributed by atoms with Crippen LogP contribution in [-0.2, 0) is 10.0 Å². The van der Waals surface area contributed by atoms with Gasteiger partial charge in [-0.1, -0.05) is 0 Å². The Morgan fingerprint density at radius 2 is 1.91 bits per heavy atom. The van der Waals surface area contributed by atoms with Gasteiger partial charge in [0.15, 0.2) is 0 Å². The van der Waals surface area contributed by atoms with Gasteiger partial charge in [-0.25, -0.2) is 8.42 Å². The first-order chi connectivity index (χ1) is 10.3. The van der Waals surface area contributed by atoms with E-state index < -0.39 is 10.0 Å². The molecule has 2 rings (SSSR count). The Kier molecular flexibility index (Phi) is 5.20. The summed E-state index contributed by atoms with van der Waals surface area (Å²) in [6.07, 6.45) is 0. The van der Waals surface area contributed by atoms with Gasteiger partial charge in [0.25, 0.3) is 5.91 Å². The van der Waals surface area contributed by atoms with Gasteiger partial charge in [0.05, 0.1) is 4.90 Å². The van der Waals surface area contributed by atoms with Crippen LogP contribution in [-0.4, -0.2) is 51.4 Å². The van der Waals surface area contributed by atoms with E-state index in [-0.39, 0.29) is 16.8 Å². The topological polar surface area (TPSA) is 78.5 Å². The van der Waals surface area contributed by atoms with Crippen LogP contribution in [0.1, 0.15) is 24.2 Å². The molecule has 1 heterocycles. The molecule has 0 bridgehead atoms. The van der Waals surface area contributed by atoms with E-state index >= 15 is 0 Å². The van der Waals surface area contributed by atoms with Crippen LogP contribution in [0.15, 0.2) is 29.2 Å². The van der Waals surface area contributed by atoms with Crippen LogP contribution in [0, 0.1) is 5.92 Å². The predicted octanol–water partition coefficient (Wildman–Crippen LogP) is 0.665. The van der Waals surface area contributed by atoms with Crippen molar-refractivity contribution in [2.24, 2.45) is 5.92 Å². The zero-order valence-corrected chi connectivity index (χ0v) is 14.0. The third-order valence-electron chi connectivity index (χ3n) is 3.94. The second-order valence-electron chi connectivity index (χ2n) is 5.87. The van der Waals surface area contributed by atoms with E-state index in [9.17, 15) is 13.2 Å². The Bertz CT molecular complexity index is 622. The van der Waals surface area contributed by atoms with E-state index in [4.69, 9.17) is 0 Å². The number of hydrogen-bond acceptors (Lipinski definition) is 4. The van der Waals surface area contributed by atoms with Crippen molar-refractivity contribution in [1.82, 2.24) is 14.9 Å². The summed E-state index contributed by atoms with van der Waals surface area (Å²) in [6, 6.07) is 5.94. The number of hydrogen-bond donors (Lipinski definition) is 2. The molecule has 2 N–H and O–H groups in total. The van der Waals surface area contributed by atoms with Crippen LogP contribution < -0.4 is 10.6 Å². The zero-order valence-electron chi connectivity index (χ0n) is 13.2. The summed E-state index contributed by atoms with van der Waals surface area (Å²) < 4.78 is 26.0. The molecule has 6 nitrogen and oxygen atoms in total. The molecule has 0 saturated carbocycles. The summed E-state index contributed by atoms with van der Waals surface area (Å²) in [4.78, 5) is 12.2. The molecule has 7 heteroatoms. The van der Waals surface area contributed by atoms with Crippen molar-refractivity contribution < 1.29 is 13.2 Å². The van der Waals surface area contributed by atoms with E-state index in [1.54, 1.807) is 19.2 Å². The van der Waals surface area contributed by atoms with Gasteiger partial charge < -0.3 is 10.6 Å². The Hall–Kier alpha value is -1.44. The van der Waals surface area contributed by atoms with Crippen LogP contribution in [0.4, 0.5) is 0 Å². The minimum Gasteiger partial charge on any atom is -0.352 e. The summed E-state index contributed by atoms with van der Waals surface area (Å²) in [5.41, 5.74) is 0.471. The lowest BCUT2D eigenvalue weighted by atomic mass is 10.0. The van der Waals surface area contributed by atoms with Crippen molar-refractivity contribution in [3.8, 4) is 0 Å². The Balaban J connectivity index is 2.04. The fourth-order valence-corrected chi connectivity index (χ4v) is 3.42. The van der Waals surface area contributed by atoms with E-state index in [2.05, 4.69) is 10.6 Å². The molecule has 1 aromatic carbocycles. The quantitative estimate of drug-likeness (QED) is 0.805. The van der Waals surface area contributed by atoms with Gasteiger partial charge in [0.2, 0.25) is 10.0 Å². The molecule has 1 fully saturated rings.